The molecule has 0 aliphatic rings. The number of pyridine rings is 5. The molecule has 186 valence electrons. The topological polar surface area (TPSA) is 64.5 Å². The van der Waals surface area contributed by atoms with Gasteiger partial charge in [-0.05, 0) is 65.7 Å². The maximum absolute atomic E-state index is 4.97. The second-order valence-electron chi connectivity index (χ2n) is 9.83. The summed E-state index contributed by atoms with van der Waals surface area (Å²) in [5, 5.41) is 4.32. The first-order chi connectivity index (χ1) is 19.8. The van der Waals surface area contributed by atoms with Crippen LogP contribution in [0.1, 0.15) is 0 Å². The molecule has 8 rings (SSSR count). The number of benzene rings is 3. The molecule has 0 spiro atoms. The van der Waals surface area contributed by atoms with E-state index in [4.69, 9.17) is 15.0 Å². The van der Waals surface area contributed by atoms with Crippen molar-refractivity contribution in [3.8, 4) is 33.9 Å². The highest BCUT2D eigenvalue weighted by molar-refractivity contribution is 6.03. The van der Waals surface area contributed by atoms with Gasteiger partial charge >= 0.3 is 0 Å². The monoisotopic (exact) mass is 511 g/mol. The van der Waals surface area contributed by atoms with Crippen molar-refractivity contribution in [3.63, 3.8) is 0 Å². The second-order valence-corrected chi connectivity index (χ2v) is 9.83. The van der Waals surface area contributed by atoms with E-state index >= 15 is 0 Å². The summed E-state index contributed by atoms with van der Waals surface area (Å²) in [6, 6.07) is 39.2. The van der Waals surface area contributed by atoms with Gasteiger partial charge in [-0.1, -0.05) is 60.7 Å². The third-order valence-electron chi connectivity index (χ3n) is 7.34. The highest BCUT2D eigenvalue weighted by atomic mass is 14.8. The van der Waals surface area contributed by atoms with Gasteiger partial charge in [0.1, 0.15) is 0 Å². The van der Waals surface area contributed by atoms with Crippen LogP contribution in [-0.4, -0.2) is 24.9 Å². The Kier molecular flexibility index (Phi) is 5.07. The molecule has 5 aromatic heterocycles. The van der Waals surface area contributed by atoms with Crippen molar-refractivity contribution >= 4 is 43.6 Å². The van der Waals surface area contributed by atoms with Gasteiger partial charge < -0.3 is 0 Å². The molecule has 0 bridgehead atoms. The molecule has 0 saturated heterocycles. The van der Waals surface area contributed by atoms with Gasteiger partial charge in [0.15, 0.2) is 0 Å². The third-order valence-corrected chi connectivity index (χ3v) is 7.34. The predicted molar refractivity (Wildman–Crippen MR) is 162 cm³/mol. The molecule has 5 nitrogen and oxygen atoms in total. The normalized spacial score (nSPS) is 11.5. The van der Waals surface area contributed by atoms with Gasteiger partial charge in [-0.3, -0.25) is 9.97 Å². The van der Waals surface area contributed by atoms with Crippen molar-refractivity contribution in [2.24, 2.45) is 0 Å². The summed E-state index contributed by atoms with van der Waals surface area (Å²) >= 11 is 0. The summed E-state index contributed by atoms with van der Waals surface area (Å²) in [4.78, 5) is 23.9. The molecule has 0 saturated carbocycles. The van der Waals surface area contributed by atoms with Gasteiger partial charge in [0.25, 0.3) is 0 Å². The van der Waals surface area contributed by atoms with E-state index in [2.05, 4.69) is 82.8 Å². The summed E-state index contributed by atoms with van der Waals surface area (Å²) in [7, 11) is 0. The Bertz CT molecular complexity index is 2220. The predicted octanol–water partition coefficient (Wildman–Crippen LogP) is 8.28. The van der Waals surface area contributed by atoms with Crippen LogP contribution in [0.3, 0.4) is 0 Å². The molecule has 0 aliphatic carbocycles. The number of fused-ring (bicyclic) bond motifs is 5. The highest BCUT2D eigenvalue weighted by Gasteiger charge is 2.10. The summed E-state index contributed by atoms with van der Waals surface area (Å²) in [6.45, 7) is 0. The van der Waals surface area contributed by atoms with E-state index in [-0.39, 0.29) is 0 Å². The fourth-order valence-corrected chi connectivity index (χ4v) is 5.27. The fourth-order valence-electron chi connectivity index (χ4n) is 5.27. The fraction of sp³-hybridized carbons (Fsp3) is 0. The Hall–Kier alpha value is -5.55. The Morgan fingerprint density at radius 2 is 1.00 bits per heavy atom. The van der Waals surface area contributed by atoms with Gasteiger partial charge in [-0.2, -0.15) is 0 Å². The molecule has 5 heteroatoms. The molecule has 0 aliphatic heterocycles. The molecular weight excluding hydrogens is 490 g/mol. The van der Waals surface area contributed by atoms with E-state index in [1.807, 2.05) is 48.7 Å². The van der Waals surface area contributed by atoms with Crippen molar-refractivity contribution < 1.29 is 0 Å². The first-order valence-electron chi connectivity index (χ1n) is 13.2. The van der Waals surface area contributed by atoms with Crippen LogP contribution in [-0.2, 0) is 0 Å². The zero-order chi connectivity index (χ0) is 26.5. The summed E-state index contributed by atoms with van der Waals surface area (Å²) in [6.07, 6.45) is 3.61. The maximum Gasteiger partial charge on any atom is 0.0972 e. The Morgan fingerprint density at radius 3 is 1.88 bits per heavy atom. The lowest BCUT2D eigenvalue weighted by atomic mass is 10.0. The van der Waals surface area contributed by atoms with Crippen LogP contribution in [0.15, 0.2) is 128 Å². The van der Waals surface area contributed by atoms with Crippen LogP contribution in [0.25, 0.3) is 77.5 Å². The Morgan fingerprint density at radius 1 is 0.350 bits per heavy atom. The molecular formula is C35H21N5. The number of hydrogen-bond donors (Lipinski definition) is 0. The minimum Gasteiger partial charge on any atom is -0.255 e. The van der Waals surface area contributed by atoms with Gasteiger partial charge in [-0.25, -0.2) is 15.0 Å². The molecule has 0 atom stereocenters. The lowest BCUT2D eigenvalue weighted by Crippen LogP contribution is -1.91. The van der Waals surface area contributed by atoms with E-state index in [0.29, 0.717) is 0 Å². The number of nitrogens with zero attached hydrogens (tertiary/aromatic N) is 5. The molecule has 0 unspecified atom stereocenters. The molecule has 0 amide bonds. The van der Waals surface area contributed by atoms with E-state index in [9.17, 15) is 0 Å². The number of rotatable bonds is 3. The smallest absolute Gasteiger partial charge is 0.0972 e. The summed E-state index contributed by atoms with van der Waals surface area (Å²) in [5.74, 6) is 0. The molecule has 40 heavy (non-hydrogen) atoms. The van der Waals surface area contributed by atoms with E-state index < -0.39 is 0 Å². The van der Waals surface area contributed by atoms with Gasteiger partial charge in [0.05, 0.1) is 44.8 Å². The number of aromatic nitrogens is 5. The summed E-state index contributed by atoms with van der Waals surface area (Å²) < 4.78 is 0. The molecule has 0 N–H and O–H groups in total. The van der Waals surface area contributed by atoms with E-state index in [1.165, 1.54) is 0 Å². The first kappa shape index (κ1) is 22.4. The number of hydrogen-bond acceptors (Lipinski definition) is 5. The lowest BCUT2D eigenvalue weighted by molar-refractivity contribution is 1.28. The zero-order valence-electron chi connectivity index (χ0n) is 21.4. The van der Waals surface area contributed by atoms with Gasteiger partial charge in [-0.15, -0.1) is 0 Å². The largest absolute Gasteiger partial charge is 0.255 e. The second kappa shape index (κ2) is 9.03. The zero-order valence-corrected chi connectivity index (χ0v) is 21.4. The van der Waals surface area contributed by atoms with Crippen LogP contribution in [0, 0.1) is 0 Å². The average molecular weight is 512 g/mol. The molecule has 0 radical (unpaired) electrons. The minimum absolute atomic E-state index is 0.834. The minimum atomic E-state index is 0.834. The van der Waals surface area contributed by atoms with Crippen LogP contribution in [0.2, 0.25) is 0 Å². The highest BCUT2D eigenvalue weighted by Crippen LogP contribution is 2.30. The van der Waals surface area contributed by atoms with Crippen LogP contribution >= 0.6 is 0 Å². The van der Waals surface area contributed by atoms with Gasteiger partial charge in [0.2, 0.25) is 0 Å². The first-order valence-corrected chi connectivity index (χ1v) is 13.2. The van der Waals surface area contributed by atoms with Crippen LogP contribution in [0.5, 0.6) is 0 Å². The Balaban J connectivity index is 1.17. The SMILES string of the molecule is c1ccc(-c2ccc3ccc(-c4ccc5nc(-c6ccc7ccc8cccnc8c7n6)ccc5c4)cc3n2)nc1. The van der Waals surface area contributed by atoms with Crippen molar-refractivity contribution in [2.45, 2.75) is 0 Å². The van der Waals surface area contributed by atoms with Crippen molar-refractivity contribution in [3.05, 3.63) is 128 Å². The van der Waals surface area contributed by atoms with Crippen molar-refractivity contribution in [1.82, 2.24) is 24.9 Å². The quantitative estimate of drug-likeness (QED) is 0.223. The van der Waals surface area contributed by atoms with Crippen molar-refractivity contribution in [1.29, 1.82) is 0 Å². The van der Waals surface area contributed by atoms with Crippen molar-refractivity contribution in [2.75, 3.05) is 0 Å². The molecule has 3 aromatic carbocycles. The summed E-state index contributed by atoms with van der Waals surface area (Å²) in [5.41, 5.74) is 9.31. The molecule has 8 aromatic rings. The van der Waals surface area contributed by atoms with E-state index in [1.54, 1.807) is 6.20 Å². The van der Waals surface area contributed by atoms with Crippen LogP contribution < -0.4 is 0 Å². The van der Waals surface area contributed by atoms with E-state index in [0.717, 1.165) is 77.5 Å². The van der Waals surface area contributed by atoms with Gasteiger partial charge in [0, 0.05) is 33.9 Å². The lowest BCUT2D eigenvalue weighted by Gasteiger charge is -2.09. The third kappa shape index (κ3) is 3.84. The standard InChI is InChI=1S/C35H21N5/c1-2-18-36-29(5-1)30-15-10-22-6-9-26(21-33(22)39-30)25-12-14-28-27(20-25)13-17-31(38-28)32-16-11-24-8-7-23-4-3-19-37-34(23)35(24)40-32/h1-21H. The average Bonchev–Trinajstić information content (AvgIpc) is 3.04. The molecule has 0 fully saturated rings. The maximum atomic E-state index is 4.97. The Labute approximate surface area is 229 Å². The molecule has 5 heterocycles. The van der Waals surface area contributed by atoms with Crippen LogP contribution in [0.4, 0.5) is 0 Å².